The van der Waals surface area contributed by atoms with E-state index in [1.165, 1.54) is 0 Å². The molecule has 7 heteroatoms. The van der Waals surface area contributed by atoms with Gasteiger partial charge in [-0.3, -0.25) is 13.3 Å². The van der Waals surface area contributed by atoms with Crippen molar-refractivity contribution in [3.05, 3.63) is 0 Å². The van der Waals surface area contributed by atoms with Crippen LogP contribution in [0.5, 0.6) is 0 Å². The molecule has 0 aromatic rings. The van der Waals surface area contributed by atoms with Crippen LogP contribution < -0.4 is 0 Å². The van der Waals surface area contributed by atoms with Crippen molar-refractivity contribution in [2.24, 2.45) is 0 Å². The third-order valence-corrected chi connectivity index (χ3v) is 2.89. The molecule has 2 rings (SSSR count). The van der Waals surface area contributed by atoms with Gasteiger partial charge in [0.2, 0.25) is 0 Å². The van der Waals surface area contributed by atoms with Gasteiger partial charge in [0.05, 0.1) is 19.8 Å². The minimum Gasteiger partial charge on any atom is -0.379 e. The second kappa shape index (κ2) is 5.99. The molecular weight excluding hydrogens is 230 g/mol. The third kappa shape index (κ3) is 3.45. The molecule has 5 nitrogen and oxygen atoms in total. The zero-order valence-corrected chi connectivity index (χ0v) is 9.35. The molecule has 0 aromatic carbocycles. The van der Waals surface area contributed by atoms with Crippen LogP contribution in [0, 0.1) is 0 Å². The number of hydrogen-bond acceptors (Lipinski definition) is 5. The van der Waals surface area contributed by atoms with E-state index in [2.05, 4.69) is 4.90 Å². The van der Waals surface area contributed by atoms with Gasteiger partial charge in [-0.15, -0.1) is 12.4 Å². The molecule has 84 valence electrons. The molecule has 0 N–H and O–H groups in total. The normalized spacial score (nSPS) is 34.0. The van der Waals surface area contributed by atoms with Crippen molar-refractivity contribution in [1.82, 2.24) is 4.90 Å². The summed E-state index contributed by atoms with van der Waals surface area (Å²) in [5, 5.41) is 0. The first-order chi connectivity index (χ1) is 6.34. The molecular formula is C7H14ClNO4S. The number of hydrogen-bond donors (Lipinski definition) is 0. The maximum Gasteiger partial charge on any atom is 0.305 e. The molecule has 2 aliphatic heterocycles. The van der Waals surface area contributed by atoms with E-state index >= 15 is 0 Å². The van der Waals surface area contributed by atoms with E-state index in [1.54, 1.807) is 0 Å². The van der Waals surface area contributed by atoms with Gasteiger partial charge < -0.3 is 4.74 Å². The summed E-state index contributed by atoms with van der Waals surface area (Å²) in [6.07, 6.45) is -0.0427. The molecule has 2 aliphatic rings. The Morgan fingerprint density at radius 2 is 2.07 bits per heavy atom. The van der Waals surface area contributed by atoms with Gasteiger partial charge in [0, 0.05) is 19.6 Å². The largest absolute Gasteiger partial charge is 0.379 e. The second-order valence-electron chi connectivity index (χ2n) is 3.12. The highest BCUT2D eigenvalue weighted by Gasteiger charge is 2.26. The first-order valence-electron chi connectivity index (χ1n) is 4.37. The van der Waals surface area contributed by atoms with Crippen molar-refractivity contribution >= 4 is 23.8 Å². The number of morpholine rings is 1. The summed E-state index contributed by atoms with van der Waals surface area (Å²) < 4.78 is 25.8. The minimum absolute atomic E-state index is 0. The predicted octanol–water partition coefficient (Wildman–Crippen LogP) is -0.266. The first-order valence-corrected chi connectivity index (χ1v) is 5.37. The van der Waals surface area contributed by atoms with Crippen LogP contribution in [-0.2, 0) is 24.5 Å². The van der Waals surface area contributed by atoms with Crippen LogP contribution in [0.4, 0.5) is 0 Å². The first kappa shape index (κ1) is 12.4. The van der Waals surface area contributed by atoms with Gasteiger partial charge in [0.15, 0.2) is 0 Å². The van der Waals surface area contributed by atoms with Crippen molar-refractivity contribution in [2.45, 2.75) is 6.10 Å². The summed E-state index contributed by atoms with van der Waals surface area (Å²) in [4.78, 5) is 2.24. The highest BCUT2D eigenvalue weighted by Crippen LogP contribution is 2.10. The van der Waals surface area contributed by atoms with Gasteiger partial charge in [0.1, 0.15) is 6.10 Å². The maximum atomic E-state index is 10.7. The van der Waals surface area contributed by atoms with E-state index in [4.69, 9.17) is 13.1 Å². The Kier molecular flexibility index (Phi) is 5.29. The smallest absolute Gasteiger partial charge is 0.305 e. The maximum absolute atomic E-state index is 10.7. The lowest BCUT2D eigenvalue weighted by Crippen LogP contribution is -2.41. The van der Waals surface area contributed by atoms with E-state index in [0.717, 1.165) is 32.8 Å². The second-order valence-corrected chi connectivity index (χ2v) is 3.96. The SMILES string of the molecule is Cl.O=S1OC[C@@H](CN2CCOCC2)O1. The average Bonchev–Trinajstić information content (AvgIpc) is 2.53. The lowest BCUT2D eigenvalue weighted by atomic mass is 10.3. The molecule has 2 saturated heterocycles. The van der Waals surface area contributed by atoms with Crippen molar-refractivity contribution < 1.29 is 17.3 Å². The number of halogens is 1. The highest BCUT2D eigenvalue weighted by atomic mass is 35.5. The fourth-order valence-corrected chi connectivity index (χ4v) is 2.11. The lowest BCUT2D eigenvalue weighted by molar-refractivity contribution is 0.0225. The van der Waals surface area contributed by atoms with Crippen LogP contribution >= 0.6 is 12.4 Å². The van der Waals surface area contributed by atoms with E-state index < -0.39 is 11.4 Å². The monoisotopic (exact) mass is 243 g/mol. The van der Waals surface area contributed by atoms with Crippen LogP contribution in [0.15, 0.2) is 0 Å². The van der Waals surface area contributed by atoms with Gasteiger partial charge >= 0.3 is 11.4 Å². The molecule has 2 atom stereocenters. The van der Waals surface area contributed by atoms with Gasteiger partial charge in [0.25, 0.3) is 0 Å². The lowest BCUT2D eigenvalue weighted by Gasteiger charge is -2.27. The molecule has 14 heavy (non-hydrogen) atoms. The molecule has 0 amide bonds. The van der Waals surface area contributed by atoms with Crippen molar-refractivity contribution in [1.29, 1.82) is 0 Å². The minimum atomic E-state index is -1.52. The summed E-state index contributed by atoms with van der Waals surface area (Å²) in [6.45, 7) is 4.62. The van der Waals surface area contributed by atoms with Gasteiger partial charge in [-0.1, -0.05) is 0 Å². The van der Waals surface area contributed by atoms with Crippen LogP contribution in [0.3, 0.4) is 0 Å². The number of ether oxygens (including phenoxy) is 1. The van der Waals surface area contributed by atoms with Crippen LogP contribution in [-0.4, -0.2) is 54.7 Å². The van der Waals surface area contributed by atoms with Crippen LogP contribution in [0.25, 0.3) is 0 Å². The van der Waals surface area contributed by atoms with E-state index in [0.29, 0.717) is 6.61 Å². The molecule has 0 spiro atoms. The van der Waals surface area contributed by atoms with Crippen molar-refractivity contribution in [3.8, 4) is 0 Å². The molecule has 0 aromatic heterocycles. The van der Waals surface area contributed by atoms with Crippen LogP contribution in [0.1, 0.15) is 0 Å². The number of nitrogens with zero attached hydrogens (tertiary/aromatic N) is 1. The number of rotatable bonds is 2. The Balaban J connectivity index is 0.000000980. The fourth-order valence-electron chi connectivity index (χ4n) is 1.45. The molecule has 0 bridgehead atoms. The average molecular weight is 244 g/mol. The van der Waals surface area contributed by atoms with Crippen molar-refractivity contribution in [3.63, 3.8) is 0 Å². The van der Waals surface area contributed by atoms with E-state index in [-0.39, 0.29) is 18.5 Å². The molecule has 0 saturated carbocycles. The van der Waals surface area contributed by atoms with Gasteiger partial charge in [-0.25, -0.2) is 0 Å². The third-order valence-electron chi connectivity index (χ3n) is 2.13. The highest BCUT2D eigenvalue weighted by molar-refractivity contribution is 7.75. The van der Waals surface area contributed by atoms with Crippen LogP contribution in [0.2, 0.25) is 0 Å². The van der Waals surface area contributed by atoms with Gasteiger partial charge in [-0.05, 0) is 0 Å². The zero-order valence-electron chi connectivity index (χ0n) is 7.72. The Morgan fingerprint density at radius 1 is 1.36 bits per heavy atom. The fraction of sp³-hybridized carbons (Fsp3) is 1.00. The summed E-state index contributed by atoms with van der Waals surface area (Å²) in [5.41, 5.74) is 0. The molecule has 0 radical (unpaired) electrons. The van der Waals surface area contributed by atoms with Gasteiger partial charge in [-0.2, -0.15) is 4.21 Å². The molecule has 1 unspecified atom stereocenters. The summed E-state index contributed by atoms with van der Waals surface area (Å²) >= 11 is -1.52. The van der Waals surface area contributed by atoms with Crippen molar-refractivity contribution in [2.75, 3.05) is 39.5 Å². The summed E-state index contributed by atoms with van der Waals surface area (Å²) in [5.74, 6) is 0. The summed E-state index contributed by atoms with van der Waals surface area (Å²) in [7, 11) is 0. The zero-order chi connectivity index (χ0) is 9.10. The quantitative estimate of drug-likeness (QED) is 0.669. The molecule has 2 heterocycles. The molecule has 0 aliphatic carbocycles. The van der Waals surface area contributed by atoms with E-state index in [1.807, 2.05) is 0 Å². The Labute approximate surface area is 92.0 Å². The summed E-state index contributed by atoms with van der Waals surface area (Å²) in [6, 6.07) is 0. The predicted molar refractivity (Wildman–Crippen MR) is 53.5 cm³/mol. The Bertz CT molecular complexity index is 200. The standard InChI is InChI=1S/C7H13NO4S.ClH/c9-13-11-6-7(12-13)5-8-1-3-10-4-2-8;/h7H,1-6H2;1H/t7-,13?;/m1./s1. The molecule has 2 fully saturated rings. The Morgan fingerprint density at radius 3 is 2.64 bits per heavy atom. The van der Waals surface area contributed by atoms with E-state index in [9.17, 15) is 4.21 Å². The Hall–Kier alpha value is 0.280. The topological polar surface area (TPSA) is 48.0 Å².